The quantitative estimate of drug-likeness (QED) is 0.355. The Labute approximate surface area is 175 Å². The van der Waals surface area contributed by atoms with Crippen LogP contribution in [-0.2, 0) is 0 Å². The predicted octanol–water partition coefficient (Wildman–Crippen LogP) is 6.40. The number of hydrogen-bond donors (Lipinski definition) is 0. The Hall–Kier alpha value is -2.08. The van der Waals surface area contributed by atoms with Crippen LogP contribution >= 0.6 is 0 Å². The summed E-state index contributed by atoms with van der Waals surface area (Å²) in [6, 6.07) is 0. The van der Waals surface area contributed by atoms with Crippen molar-refractivity contribution < 1.29 is 13.2 Å². The van der Waals surface area contributed by atoms with Gasteiger partial charge in [0.25, 0.3) is 0 Å². The zero-order valence-electron chi connectivity index (χ0n) is 17.9. The van der Waals surface area contributed by atoms with Crippen LogP contribution in [0, 0.1) is 0 Å². The van der Waals surface area contributed by atoms with E-state index in [9.17, 15) is 13.2 Å². The monoisotopic (exact) mass is 413 g/mol. The van der Waals surface area contributed by atoms with Crippen molar-refractivity contribution in [1.82, 2.24) is 9.80 Å². The maximum Gasteiger partial charge on any atom is 0.418 e. The lowest BCUT2D eigenvalue weighted by Gasteiger charge is -2.34. The third-order valence-electron chi connectivity index (χ3n) is 4.26. The van der Waals surface area contributed by atoms with Crippen LogP contribution in [0.2, 0.25) is 0 Å². The van der Waals surface area contributed by atoms with Crippen LogP contribution in [0.5, 0.6) is 0 Å². The molecule has 1 saturated heterocycles. The molecule has 1 aliphatic rings. The Morgan fingerprint density at radius 3 is 2.00 bits per heavy atom. The first-order chi connectivity index (χ1) is 13.1. The number of nitrogens with zero attached hydrogens (tertiary/aromatic N) is 3. The Kier molecular flexibility index (Phi) is 14.0. The molecule has 0 aromatic rings. The number of allylic oxidation sites excluding steroid dienone is 7. The zero-order chi connectivity index (χ0) is 21.9. The summed E-state index contributed by atoms with van der Waals surface area (Å²) in [6.07, 6.45) is 0.101. The second kappa shape index (κ2) is 14.0. The molecule has 0 bridgehead atoms. The summed E-state index contributed by atoms with van der Waals surface area (Å²) < 4.78 is 39.0. The Morgan fingerprint density at radius 1 is 1.07 bits per heavy atom. The van der Waals surface area contributed by atoms with E-state index in [1.54, 1.807) is 6.92 Å². The molecule has 6 heteroatoms. The highest BCUT2D eigenvalue weighted by molar-refractivity contribution is 5.43. The van der Waals surface area contributed by atoms with Crippen molar-refractivity contribution in [1.29, 1.82) is 0 Å². The molecule has 3 nitrogen and oxygen atoms in total. The third kappa shape index (κ3) is 10.3. The number of likely N-dealkylation sites (N-methyl/N-ethyl adjacent to an activating group) is 1. The average molecular weight is 414 g/mol. The summed E-state index contributed by atoms with van der Waals surface area (Å²) in [6.45, 7) is 22.2. The molecule has 0 aliphatic carbocycles. The minimum Gasteiger partial charge on any atom is -0.372 e. The van der Waals surface area contributed by atoms with Gasteiger partial charge in [-0.3, -0.25) is 4.99 Å². The van der Waals surface area contributed by atoms with Crippen molar-refractivity contribution in [2.24, 2.45) is 4.99 Å². The van der Waals surface area contributed by atoms with Gasteiger partial charge in [0.15, 0.2) is 0 Å². The first kappa shape index (κ1) is 29.1. The molecule has 0 saturated carbocycles. The van der Waals surface area contributed by atoms with E-state index in [4.69, 9.17) is 0 Å². The Balaban J connectivity index is 0. The highest BCUT2D eigenvalue weighted by Gasteiger charge is 2.33. The van der Waals surface area contributed by atoms with Gasteiger partial charge in [-0.05, 0) is 51.8 Å². The van der Waals surface area contributed by atoms with Gasteiger partial charge in [-0.1, -0.05) is 46.1 Å². The third-order valence-corrected chi connectivity index (χ3v) is 4.26. The lowest BCUT2D eigenvalue weighted by atomic mass is 10.0. The van der Waals surface area contributed by atoms with E-state index in [1.165, 1.54) is 6.08 Å². The summed E-state index contributed by atoms with van der Waals surface area (Å²) in [5.74, 6) is 0. The molecule has 1 aliphatic heterocycles. The summed E-state index contributed by atoms with van der Waals surface area (Å²) >= 11 is 0. The number of halogens is 3. The molecule has 29 heavy (non-hydrogen) atoms. The fraction of sp³-hybridized carbons (Fsp3) is 0.522. The largest absolute Gasteiger partial charge is 0.418 e. The van der Waals surface area contributed by atoms with Crippen LogP contribution in [0.1, 0.15) is 41.5 Å². The summed E-state index contributed by atoms with van der Waals surface area (Å²) in [5.41, 5.74) is 1.57. The highest BCUT2D eigenvalue weighted by Crippen LogP contribution is 2.30. The minimum atomic E-state index is -4.51. The molecule has 0 spiro atoms. The maximum absolute atomic E-state index is 13.0. The molecule has 1 rings (SSSR count). The minimum absolute atomic E-state index is 0. The number of aliphatic imine (C=N–C) groups is 1. The van der Waals surface area contributed by atoms with E-state index < -0.39 is 11.7 Å². The fourth-order valence-corrected chi connectivity index (χ4v) is 2.81. The second-order valence-electron chi connectivity index (χ2n) is 6.56. The number of alkyl halides is 3. The average Bonchev–Trinajstić information content (AvgIpc) is 2.62. The maximum atomic E-state index is 13.0. The van der Waals surface area contributed by atoms with Crippen LogP contribution in [-0.4, -0.2) is 55.9 Å². The van der Waals surface area contributed by atoms with Crippen LogP contribution in [0.4, 0.5) is 13.2 Å². The summed E-state index contributed by atoms with van der Waals surface area (Å²) in [7, 11) is 2.10. The molecule has 0 radical (unpaired) electrons. The van der Waals surface area contributed by atoms with Crippen molar-refractivity contribution in [2.45, 2.75) is 47.7 Å². The van der Waals surface area contributed by atoms with Gasteiger partial charge in [0.1, 0.15) is 0 Å². The van der Waals surface area contributed by atoms with Gasteiger partial charge >= 0.3 is 6.18 Å². The number of piperazine rings is 1. The molecule has 166 valence electrons. The first-order valence-corrected chi connectivity index (χ1v) is 9.45. The van der Waals surface area contributed by atoms with Crippen molar-refractivity contribution in [3.63, 3.8) is 0 Å². The van der Waals surface area contributed by atoms with Gasteiger partial charge in [-0.15, -0.1) is 0 Å². The number of rotatable bonds is 7. The van der Waals surface area contributed by atoms with Crippen molar-refractivity contribution in [3.8, 4) is 0 Å². The normalized spacial score (nSPS) is 16.8. The second-order valence-corrected chi connectivity index (χ2v) is 6.56. The van der Waals surface area contributed by atoms with Crippen LogP contribution in [0.15, 0.2) is 64.5 Å². The van der Waals surface area contributed by atoms with E-state index in [1.807, 2.05) is 26.8 Å². The highest BCUT2D eigenvalue weighted by atomic mass is 19.4. The summed E-state index contributed by atoms with van der Waals surface area (Å²) in [4.78, 5) is 8.09. The summed E-state index contributed by atoms with van der Waals surface area (Å²) in [5, 5.41) is 0. The van der Waals surface area contributed by atoms with Crippen LogP contribution in [0.25, 0.3) is 0 Å². The molecule has 0 unspecified atom stereocenters. The van der Waals surface area contributed by atoms with Gasteiger partial charge < -0.3 is 9.80 Å². The Bertz CT molecular complexity index is 632. The SMILES string of the molecule is C.C=C/C(=C(/C=C(/C)CC(=C)/C=C(\C)N1CCN(C)CC1)N=C)C(F)(F)F.CC. The van der Waals surface area contributed by atoms with Gasteiger partial charge in [-0.2, -0.15) is 13.2 Å². The fourth-order valence-electron chi connectivity index (χ4n) is 2.81. The zero-order valence-corrected chi connectivity index (χ0v) is 17.9. The van der Waals surface area contributed by atoms with Crippen molar-refractivity contribution >= 4 is 6.72 Å². The molecular weight excluding hydrogens is 375 g/mol. The molecule has 0 aromatic heterocycles. The van der Waals surface area contributed by atoms with Crippen molar-refractivity contribution in [3.05, 3.63) is 59.5 Å². The van der Waals surface area contributed by atoms with Gasteiger partial charge in [0, 0.05) is 31.9 Å². The molecule has 0 N–H and O–H groups in total. The standard InChI is InChI=1S/C20H28F3N3.C2H6.CH4/c1-7-18(20(21,22)23)19(24-5)14-16(3)12-15(2)13-17(4)26-10-8-25(6)9-11-26;1-2;/h7,13-14H,1-2,5,8-12H2,3-4,6H3;1-2H3;1H4/b16-14-,17-13+,19-18+;;. The van der Waals surface area contributed by atoms with Crippen LogP contribution in [0.3, 0.4) is 0 Å². The molecular formula is C23H38F3N3. The predicted molar refractivity (Wildman–Crippen MR) is 121 cm³/mol. The van der Waals surface area contributed by atoms with E-state index in [-0.39, 0.29) is 13.1 Å². The molecule has 0 amide bonds. The van der Waals surface area contributed by atoms with Gasteiger partial charge in [0.05, 0.1) is 11.3 Å². The van der Waals surface area contributed by atoms with E-state index in [0.717, 1.165) is 49.1 Å². The van der Waals surface area contributed by atoms with E-state index >= 15 is 0 Å². The molecule has 0 aromatic carbocycles. The first-order valence-electron chi connectivity index (χ1n) is 9.45. The van der Waals surface area contributed by atoms with E-state index in [2.05, 4.69) is 41.7 Å². The smallest absolute Gasteiger partial charge is 0.372 e. The molecule has 1 heterocycles. The lowest BCUT2D eigenvalue weighted by molar-refractivity contribution is -0.0887. The van der Waals surface area contributed by atoms with E-state index in [0.29, 0.717) is 6.42 Å². The lowest BCUT2D eigenvalue weighted by Crippen LogP contribution is -2.43. The van der Waals surface area contributed by atoms with Gasteiger partial charge in [-0.25, -0.2) is 0 Å². The van der Waals surface area contributed by atoms with Crippen molar-refractivity contribution in [2.75, 3.05) is 33.2 Å². The van der Waals surface area contributed by atoms with Gasteiger partial charge in [0.2, 0.25) is 0 Å². The number of hydrogen-bond acceptors (Lipinski definition) is 3. The Morgan fingerprint density at radius 2 is 1.59 bits per heavy atom. The molecule has 0 atom stereocenters. The molecule has 1 fully saturated rings. The topological polar surface area (TPSA) is 18.8 Å². The van der Waals surface area contributed by atoms with Crippen LogP contribution < -0.4 is 0 Å².